The molecule has 0 aromatic heterocycles. The van der Waals surface area contributed by atoms with Crippen LogP contribution in [0.1, 0.15) is 70.1 Å². The van der Waals surface area contributed by atoms with Crippen molar-refractivity contribution in [3.05, 3.63) is 35.4 Å². The number of esters is 1. The molecule has 0 amide bonds. The molecular formula is C24H38O6Si. The van der Waals surface area contributed by atoms with Crippen LogP contribution in [0, 0.1) is 0 Å². The van der Waals surface area contributed by atoms with Gasteiger partial charge in [-0.05, 0) is 42.1 Å². The minimum absolute atomic E-state index is 0.0153. The van der Waals surface area contributed by atoms with E-state index < -0.39 is 20.5 Å². The third kappa shape index (κ3) is 7.82. The first-order valence-corrected chi connectivity index (χ1v) is 14.0. The monoisotopic (exact) mass is 450 g/mol. The van der Waals surface area contributed by atoms with Gasteiger partial charge in [0.25, 0.3) is 0 Å². The van der Waals surface area contributed by atoms with Gasteiger partial charge in [0.05, 0.1) is 6.61 Å². The highest BCUT2D eigenvalue weighted by Gasteiger charge is 2.41. The molecule has 1 aliphatic rings. The van der Waals surface area contributed by atoms with Gasteiger partial charge in [-0.2, -0.15) is 0 Å². The maximum absolute atomic E-state index is 13.0. The van der Waals surface area contributed by atoms with Crippen molar-refractivity contribution in [1.82, 2.24) is 0 Å². The fourth-order valence-electron chi connectivity index (χ4n) is 3.24. The zero-order valence-corrected chi connectivity index (χ0v) is 20.9. The van der Waals surface area contributed by atoms with E-state index in [0.29, 0.717) is 38.7 Å². The molecule has 1 fully saturated rings. The summed E-state index contributed by atoms with van der Waals surface area (Å²) in [5, 5.41) is -0.0153. The predicted molar refractivity (Wildman–Crippen MR) is 122 cm³/mol. The predicted octanol–water partition coefficient (Wildman–Crippen LogP) is 5.32. The highest BCUT2D eigenvalue weighted by molar-refractivity contribution is 6.74. The van der Waals surface area contributed by atoms with Crippen LogP contribution >= 0.6 is 0 Å². The number of cyclic esters (lactones) is 1. The molecule has 1 heterocycles. The molecule has 0 radical (unpaired) electrons. The topological polar surface area (TPSA) is 71.1 Å². The van der Waals surface area contributed by atoms with E-state index in [1.54, 1.807) is 7.11 Å². The number of hydrogen-bond acceptors (Lipinski definition) is 6. The molecule has 2 atom stereocenters. The van der Waals surface area contributed by atoms with Gasteiger partial charge >= 0.3 is 5.97 Å². The molecule has 0 bridgehead atoms. The van der Waals surface area contributed by atoms with Crippen LogP contribution in [0.3, 0.4) is 0 Å². The third-order valence-corrected chi connectivity index (χ3v) is 10.7. The molecule has 1 aliphatic heterocycles. The van der Waals surface area contributed by atoms with Crippen LogP contribution in [-0.2, 0) is 34.8 Å². The lowest BCUT2D eigenvalue weighted by Crippen LogP contribution is -2.46. The number of rotatable bonds is 7. The highest BCUT2D eigenvalue weighted by Crippen LogP contribution is 2.39. The maximum atomic E-state index is 13.0. The van der Waals surface area contributed by atoms with Crippen LogP contribution in [0.2, 0.25) is 18.1 Å². The summed E-state index contributed by atoms with van der Waals surface area (Å²) in [6.07, 6.45) is 1.37. The molecule has 6 nitrogen and oxygen atoms in total. The fourth-order valence-corrected chi connectivity index (χ4v) is 4.54. The Labute approximate surface area is 187 Å². The van der Waals surface area contributed by atoms with E-state index in [1.165, 1.54) is 0 Å². The van der Waals surface area contributed by atoms with Crippen molar-refractivity contribution in [2.45, 2.75) is 89.8 Å². The lowest BCUT2D eigenvalue weighted by Gasteiger charge is -2.39. The second kappa shape index (κ2) is 11.4. The minimum Gasteiger partial charge on any atom is -0.457 e. The van der Waals surface area contributed by atoms with E-state index in [2.05, 4.69) is 33.9 Å². The number of ether oxygens (including phenoxy) is 3. The summed E-state index contributed by atoms with van der Waals surface area (Å²) in [6.45, 7) is 11.4. The van der Waals surface area contributed by atoms with E-state index in [9.17, 15) is 9.59 Å². The van der Waals surface area contributed by atoms with Crippen molar-refractivity contribution >= 4 is 20.1 Å². The molecule has 1 aromatic rings. The van der Waals surface area contributed by atoms with Crippen molar-refractivity contribution in [3.8, 4) is 0 Å². The SMILES string of the molecule is COCOCc1ccc([C@H]2C[C@@H](O[Si](C)(C)C(C)(C)C)C(=O)CCCCC(=O)O2)cc1. The van der Waals surface area contributed by atoms with Gasteiger partial charge < -0.3 is 18.6 Å². The summed E-state index contributed by atoms with van der Waals surface area (Å²) in [5.41, 5.74) is 1.86. The Bertz CT molecular complexity index is 723. The zero-order chi connectivity index (χ0) is 23.1. The van der Waals surface area contributed by atoms with Crippen LogP contribution in [0.15, 0.2) is 24.3 Å². The smallest absolute Gasteiger partial charge is 0.306 e. The van der Waals surface area contributed by atoms with Crippen molar-refractivity contribution in [2.75, 3.05) is 13.9 Å². The highest BCUT2D eigenvalue weighted by atomic mass is 28.4. The Balaban J connectivity index is 2.24. The van der Waals surface area contributed by atoms with Crippen LogP contribution in [0.25, 0.3) is 0 Å². The first-order chi connectivity index (χ1) is 14.5. The van der Waals surface area contributed by atoms with Gasteiger partial charge in [0.2, 0.25) is 0 Å². The molecule has 0 spiro atoms. The standard InChI is InChI=1S/C24H38O6Si/c1-24(2,3)31(5,6)30-22-15-21(29-23(26)10-8-7-9-20(22)25)19-13-11-18(12-14-19)16-28-17-27-4/h11-14,21-22H,7-10,15-17H2,1-6H3/t21-,22-/m1/s1. The van der Waals surface area contributed by atoms with Crippen molar-refractivity contribution in [3.63, 3.8) is 0 Å². The Morgan fingerprint density at radius 2 is 1.71 bits per heavy atom. The first kappa shape index (κ1) is 25.7. The maximum Gasteiger partial charge on any atom is 0.306 e. The van der Waals surface area contributed by atoms with Gasteiger partial charge in [-0.25, -0.2) is 0 Å². The van der Waals surface area contributed by atoms with E-state index in [1.807, 2.05) is 24.3 Å². The largest absolute Gasteiger partial charge is 0.457 e. The summed E-state index contributed by atoms with van der Waals surface area (Å²) in [7, 11) is -0.583. The molecule has 0 unspecified atom stereocenters. The van der Waals surface area contributed by atoms with Crippen LogP contribution in [0.4, 0.5) is 0 Å². The Morgan fingerprint density at radius 3 is 2.32 bits per heavy atom. The van der Waals surface area contributed by atoms with E-state index >= 15 is 0 Å². The molecule has 0 N–H and O–H groups in total. The average molecular weight is 451 g/mol. The normalized spacial score (nSPS) is 21.6. The van der Waals surface area contributed by atoms with E-state index in [0.717, 1.165) is 11.1 Å². The van der Waals surface area contributed by atoms with Gasteiger partial charge in [-0.15, -0.1) is 0 Å². The number of hydrogen-bond donors (Lipinski definition) is 0. The Kier molecular flexibility index (Phi) is 9.42. The second-order valence-corrected chi connectivity index (χ2v) is 14.5. The van der Waals surface area contributed by atoms with E-state index in [-0.39, 0.29) is 23.6 Å². The molecule has 174 valence electrons. The lowest BCUT2D eigenvalue weighted by atomic mass is 9.97. The molecule has 1 aromatic carbocycles. The number of ketones is 1. The van der Waals surface area contributed by atoms with Crippen LogP contribution < -0.4 is 0 Å². The van der Waals surface area contributed by atoms with E-state index in [4.69, 9.17) is 18.6 Å². The molecule has 31 heavy (non-hydrogen) atoms. The molecule has 2 rings (SSSR count). The number of methoxy groups -OCH3 is 1. The van der Waals surface area contributed by atoms with Gasteiger partial charge in [-0.1, -0.05) is 45.0 Å². The fraction of sp³-hybridized carbons (Fsp3) is 0.667. The van der Waals surface area contributed by atoms with Crippen molar-refractivity contribution < 1.29 is 28.2 Å². The summed E-state index contributed by atoms with van der Waals surface area (Å²) in [6, 6.07) is 7.76. The number of carbonyl (C=O) groups excluding carboxylic acids is 2. The summed E-state index contributed by atoms with van der Waals surface area (Å²) >= 11 is 0. The lowest BCUT2D eigenvalue weighted by molar-refractivity contribution is -0.153. The minimum atomic E-state index is -2.17. The van der Waals surface area contributed by atoms with Crippen molar-refractivity contribution in [2.24, 2.45) is 0 Å². The number of benzene rings is 1. The number of carbonyl (C=O) groups is 2. The van der Waals surface area contributed by atoms with Crippen LogP contribution in [-0.4, -0.2) is 40.1 Å². The van der Waals surface area contributed by atoms with Gasteiger partial charge in [0.1, 0.15) is 19.0 Å². The Hall–Kier alpha value is -1.54. The summed E-state index contributed by atoms with van der Waals surface area (Å²) < 4.78 is 22.6. The van der Waals surface area contributed by atoms with Crippen molar-refractivity contribution in [1.29, 1.82) is 0 Å². The second-order valence-electron chi connectivity index (χ2n) is 9.75. The molecule has 0 aliphatic carbocycles. The molecule has 0 saturated carbocycles. The summed E-state index contributed by atoms with van der Waals surface area (Å²) in [5.74, 6) is -0.115. The Morgan fingerprint density at radius 1 is 1.06 bits per heavy atom. The zero-order valence-electron chi connectivity index (χ0n) is 19.9. The average Bonchev–Trinajstić information content (AvgIpc) is 2.69. The number of Topliss-reactive ketones (excluding diaryl/α,β-unsaturated/α-hetero) is 1. The first-order valence-electron chi connectivity index (χ1n) is 11.1. The van der Waals surface area contributed by atoms with Gasteiger partial charge in [0, 0.05) is 26.4 Å². The summed E-state index contributed by atoms with van der Waals surface area (Å²) in [4.78, 5) is 25.4. The van der Waals surface area contributed by atoms with Gasteiger partial charge in [-0.3, -0.25) is 9.59 Å². The molecule has 7 heteroatoms. The quantitative estimate of drug-likeness (QED) is 0.242. The third-order valence-electron chi connectivity index (χ3n) is 6.18. The molecule has 1 saturated heterocycles. The van der Waals surface area contributed by atoms with Crippen LogP contribution in [0.5, 0.6) is 0 Å². The van der Waals surface area contributed by atoms with Gasteiger partial charge in [0.15, 0.2) is 14.1 Å². The molecular weight excluding hydrogens is 412 g/mol.